The van der Waals surface area contributed by atoms with Crippen molar-refractivity contribution in [2.24, 2.45) is 0 Å². The number of ether oxygens (including phenoxy) is 3. The first-order chi connectivity index (χ1) is 12.5. The molecule has 1 saturated heterocycles. The molecule has 0 radical (unpaired) electrons. The molecule has 0 aromatic heterocycles. The minimum atomic E-state index is -3.55. The van der Waals surface area contributed by atoms with Gasteiger partial charge in [-0.25, -0.2) is 8.42 Å². The van der Waals surface area contributed by atoms with Crippen molar-refractivity contribution in [2.75, 3.05) is 33.4 Å². The lowest BCUT2D eigenvalue weighted by atomic mass is 10.1. The largest absolute Gasteiger partial charge is 0.497 e. The van der Waals surface area contributed by atoms with Gasteiger partial charge in [0.15, 0.2) is 0 Å². The summed E-state index contributed by atoms with van der Waals surface area (Å²) in [6.07, 6.45) is 2.38. The Hall–Kier alpha value is -2.26. The van der Waals surface area contributed by atoms with E-state index in [1.54, 1.807) is 12.1 Å². The normalized spacial score (nSPS) is 19.0. The van der Waals surface area contributed by atoms with E-state index in [4.69, 9.17) is 14.2 Å². The van der Waals surface area contributed by atoms with Gasteiger partial charge < -0.3 is 19.5 Å². The highest BCUT2D eigenvalue weighted by Crippen LogP contribution is 2.23. The van der Waals surface area contributed by atoms with Crippen LogP contribution in [0.5, 0.6) is 5.75 Å². The van der Waals surface area contributed by atoms with Crippen LogP contribution in [0.2, 0.25) is 0 Å². The number of carbonyl (C=O) groups is 1. The first kappa shape index (κ1) is 18.5. The van der Waals surface area contributed by atoms with Gasteiger partial charge in [-0.05, 0) is 37.1 Å². The smallest absolute Gasteiger partial charge is 0.289 e. The molecule has 2 heterocycles. The summed E-state index contributed by atoms with van der Waals surface area (Å²) in [4.78, 5) is 12.3. The molecule has 1 N–H and O–H groups in total. The van der Waals surface area contributed by atoms with Crippen LogP contribution in [0.25, 0.3) is 0 Å². The first-order valence-corrected chi connectivity index (χ1v) is 9.84. The molecule has 0 unspecified atom stereocenters. The Labute approximate surface area is 152 Å². The van der Waals surface area contributed by atoms with E-state index in [-0.39, 0.29) is 22.6 Å². The lowest BCUT2D eigenvalue weighted by molar-refractivity contribution is -0.123. The summed E-state index contributed by atoms with van der Waals surface area (Å²) >= 11 is 0. The van der Waals surface area contributed by atoms with Crippen molar-refractivity contribution >= 4 is 15.9 Å². The van der Waals surface area contributed by atoms with E-state index in [9.17, 15) is 13.2 Å². The van der Waals surface area contributed by atoms with Crippen molar-refractivity contribution in [3.63, 3.8) is 0 Å². The minimum Gasteiger partial charge on any atom is -0.497 e. The SMILES string of the molecule is COc1ccc(S(=O)(=O)N2CCC(NC(=O)C3=COCCO3)CC2)cc1. The molecule has 142 valence electrons. The van der Waals surface area contributed by atoms with Gasteiger partial charge in [-0.3, -0.25) is 4.79 Å². The summed E-state index contributed by atoms with van der Waals surface area (Å²) in [7, 11) is -2.02. The van der Waals surface area contributed by atoms with Crippen molar-refractivity contribution in [2.45, 2.75) is 23.8 Å². The third-order valence-electron chi connectivity index (χ3n) is 4.36. The molecule has 1 fully saturated rings. The molecule has 1 aromatic rings. The van der Waals surface area contributed by atoms with E-state index in [0.29, 0.717) is 44.9 Å². The van der Waals surface area contributed by atoms with Crippen LogP contribution in [0.4, 0.5) is 0 Å². The average molecular weight is 382 g/mol. The molecule has 0 saturated carbocycles. The average Bonchev–Trinajstić information content (AvgIpc) is 2.69. The standard InChI is InChI=1S/C17H22N2O6S/c1-23-14-2-4-15(5-3-14)26(21,22)19-8-6-13(7-9-19)18-17(20)16-12-24-10-11-25-16/h2-5,12-13H,6-11H2,1H3,(H,18,20). The Morgan fingerprint density at radius 2 is 1.88 bits per heavy atom. The lowest BCUT2D eigenvalue weighted by Gasteiger charge is -2.31. The molecule has 1 aromatic carbocycles. The zero-order valence-corrected chi connectivity index (χ0v) is 15.3. The molecule has 3 rings (SSSR count). The molecule has 1 amide bonds. The highest BCUT2D eigenvalue weighted by atomic mass is 32.2. The number of piperidine rings is 1. The third-order valence-corrected chi connectivity index (χ3v) is 6.27. The van der Waals surface area contributed by atoms with Gasteiger partial charge in [0.1, 0.15) is 25.2 Å². The molecule has 0 atom stereocenters. The molecule has 0 bridgehead atoms. The summed E-state index contributed by atoms with van der Waals surface area (Å²) in [5.41, 5.74) is 0. The molecule has 0 spiro atoms. The van der Waals surface area contributed by atoms with Gasteiger partial charge in [0.05, 0.1) is 12.0 Å². The van der Waals surface area contributed by atoms with Crippen LogP contribution in [-0.2, 0) is 24.3 Å². The van der Waals surface area contributed by atoms with Crippen molar-refractivity contribution < 1.29 is 27.4 Å². The molecule has 8 nitrogen and oxygen atoms in total. The fraction of sp³-hybridized carbons (Fsp3) is 0.471. The van der Waals surface area contributed by atoms with E-state index >= 15 is 0 Å². The second-order valence-electron chi connectivity index (χ2n) is 6.03. The number of nitrogens with one attached hydrogen (secondary N) is 1. The number of benzene rings is 1. The van der Waals surface area contributed by atoms with E-state index in [0.717, 1.165) is 0 Å². The Morgan fingerprint density at radius 3 is 2.46 bits per heavy atom. The van der Waals surface area contributed by atoms with Gasteiger partial charge in [-0.1, -0.05) is 0 Å². The topological polar surface area (TPSA) is 94.2 Å². The second kappa shape index (κ2) is 7.96. The fourth-order valence-corrected chi connectivity index (χ4v) is 4.35. The van der Waals surface area contributed by atoms with Gasteiger partial charge >= 0.3 is 0 Å². The van der Waals surface area contributed by atoms with Crippen molar-refractivity contribution in [3.05, 3.63) is 36.3 Å². The number of methoxy groups -OCH3 is 1. The Balaban J connectivity index is 1.57. The molecule has 2 aliphatic heterocycles. The van der Waals surface area contributed by atoms with Gasteiger partial charge in [-0.15, -0.1) is 0 Å². The van der Waals surface area contributed by atoms with Crippen molar-refractivity contribution in [1.82, 2.24) is 9.62 Å². The van der Waals surface area contributed by atoms with Gasteiger partial charge in [0.2, 0.25) is 15.8 Å². The fourth-order valence-electron chi connectivity index (χ4n) is 2.88. The van der Waals surface area contributed by atoms with Crippen LogP contribution in [-0.4, -0.2) is 58.1 Å². The zero-order chi connectivity index (χ0) is 18.6. The second-order valence-corrected chi connectivity index (χ2v) is 7.97. The summed E-state index contributed by atoms with van der Waals surface area (Å²) in [6.45, 7) is 1.46. The monoisotopic (exact) mass is 382 g/mol. The van der Waals surface area contributed by atoms with Gasteiger partial charge in [0.25, 0.3) is 5.91 Å². The molecular weight excluding hydrogens is 360 g/mol. The summed E-state index contributed by atoms with van der Waals surface area (Å²) in [5, 5.41) is 2.87. The number of amides is 1. The summed E-state index contributed by atoms with van der Waals surface area (Å²) in [5.74, 6) is 0.430. The third kappa shape index (κ3) is 4.10. The van der Waals surface area contributed by atoms with Gasteiger partial charge in [0, 0.05) is 19.1 Å². The maximum absolute atomic E-state index is 12.7. The molecule has 9 heteroatoms. The summed E-state index contributed by atoms with van der Waals surface area (Å²) in [6, 6.07) is 6.22. The quantitative estimate of drug-likeness (QED) is 0.812. The number of rotatable bonds is 5. The maximum atomic E-state index is 12.7. The van der Waals surface area contributed by atoms with Crippen LogP contribution >= 0.6 is 0 Å². The number of nitrogens with zero attached hydrogens (tertiary/aromatic N) is 1. The molecular formula is C17H22N2O6S. The number of carbonyl (C=O) groups excluding carboxylic acids is 1. The van der Waals surface area contributed by atoms with E-state index < -0.39 is 10.0 Å². The molecule has 2 aliphatic rings. The number of hydrogen-bond acceptors (Lipinski definition) is 6. The Kier molecular flexibility index (Phi) is 5.67. The van der Waals surface area contributed by atoms with E-state index in [2.05, 4.69) is 5.32 Å². The van der Waals surface area contributed by atoms with Crippen molar-refractivity contribution in [3.8, 4) is 5.75 Å². The van der Waals surface area contributed by atoms with Crippen LogP contribution in [0.15, 0.2) is 41.2 Å². The van der Waals surface area contributed by atoms with E-state index in [1.165, 1.54) is 29.8 Å². The van der Waals surface area contributed by atoms with Crippen LogP contribution in [0, 0.1) is 0 Å². The van der Waals surface area contributed by atoms with Crippen LogP contribution in [0.1, 0.15) is 12.8 Å². The molecule has 26 heavy (non-hydrogen) atoms. The predicted octanol–water partition coefficient (Wildman–Crippen LogP) is 0.853. The van der Waals surface area contributed by atoms with Crippen LogP contribution in [0.3, 0.4) is 0 Å². The Morgan fingerprint density at radius 1 is 1.19 bits per heavy atom. The molecule has 0 aliphatic carbocycles. The van der Waals surface area contributed by atoms with Gasteiger partial charge in [-0.2, -0.15) is 4.31 Å². The number of sulfonamides is 1. The maximum Gasteiger partial charge on any atom is 0.289 e. The summed E-state index contributed by atoms with van der Waals surface area (Å²) < 4.78 is 42.2. The first-order valence-electron chi connectivity index (χ1n) is 8.40. The van der Waals surface area contributed by atoms with E-state index in [1.807, 2.05) is 0 Å². The Bertz CT molecular complexity index is 767. The zero-order valence-electron chi connectivity index (χ0n) is 14.5. The van der Waals surface area contributed by atoms with Crippen LogP contribution < -0.4 is 10.1 Å². The highest BCUT2D eigenvalue weighted by molar-refractivity contribution is 7.89. The van der Waals surface area contributed by atoms with Crippen molar-refractivity contribution in [1.29, 1.82) is 0 Å². The predicted molar refractivity (Wildman–Crippen MR) is 92.9 cm³/mol. The number of hydrogen-bond donors (Lipinski definition) is 1. The highest BCUT2D eigenvalue weighted by Gasteiger charge is 2.30. The minimum absolute atomic E-state index is 0.101. The lowest BCUT2D eigenvalue weighted by Crippen LogP contribution is -2.47.